The molecule has 15 heavy (non-hydrogen) atoms. The molecule has 1 aliphatic heterocycles. The van der Waals surface area contributed by atoms with Gasteiger partial charge in [0, 0.05) is 6.42 Å². The number of amides is 1. The van der Waals surface area contributed by atoms with Gasteiger partial charge in [-0.25, -0.2) is 0 Å². The lowest BCUT2D eigenvalue weighted by molar-refractivity contribution is -0.122. The third-order valence-electron chi connectivity index (χ3n) is 2.29. The van der Waals surface area contributed by atoms with Gasteiger partial charge >= 0.3 is 0 Å². The highest BCUT2D eigenvalue weighted by Gasteiger charge is 2.32. The van der Waals surface area contributed by atoms with E-state index in [-0.39, 0.29) is 29.5 Å². The number of nitriles is 3. The quantitative estimate of drug-likeness (QED) is 0.578. The van der Waals surface area contributed by atoms with Crippen LogP contribution in [0.3, 0.4) is 0 Å². The molecule has 2 atom stereocenters. The molecule has 0 radical (unpaired) electrons. The standard InChI is InChI=1S/C10H8N4O/c1-6-2-9(15)14-10(8(6)5-13)7(3-11)4-12/h6,8H,2H2,1H3,(H,14,15). The van der Waals surface area contributed by atoms with Crippen LogP contribution in [0.4, 0.5) is 0 Å². The van der Waals surface area contributed by atoms with Gasteiger partial charge in [0.2, 0.25) is 5.91 Å². The van der Waals surface area contributed by atoms with Crippen molar-refractivity contribution in [2.75, 3.05) is 0 Å². The lowest BCUT2D eigenvalue weighted by Gasteiger charge is -2.26. The van der Waals surface area contributed by atoms with Gasteiger partial charge in [-0.05, 0) is 5.92 Å². The fraction of sp³-hybridized carbons (Fsp3) is 0.400. The Bertz CT molecular complexity index is 428. The van der Waals surface area contributed by atoms with E-state index in [4.69, 9.17) is 15.8 Å². The van der Waals surface area contributed by atoms with Crippen molar-refractivity contribution < 1.29 is 4.79 Å². The van der Waals surface area contributed by atoms with Crippen LogP contribution in [0.2, 0.25) is 0 Å². The Morgan fingerprint density at radius 1 is 1.40 bits per heavy atom. The number of piperidine rings is 1. The molecule has 5 nitrogen and oxygen atoms in total. The molecule has 1 N–H and O–H groups in total. The molecule has 0 aromatic heterocycles. The molecule has 2 unspecified atom stereocenters. The van der Waals surface area contributed by atoms with Crippen molar-refractivity contribution in [2.24, 2.45) is 11.8 Å². The number of rotatable bonds is 0. The zero-order valence-corrected chi connectivity index (χ0v) is 8.11. The van der Waals surface area contributed by atoms with Crippen LogP contribution in [0.25, 0.3) is 0 Å². The monoisotopic (exact) mass is 200 g/mol. The molecule has 0 aliphatic carbocycles. The summed E-state index contributed by atoms with van der Waals surface area (Å²) < 4.78 is 0. The van der Waals surface area contributed by atoms with Crippen molar-refractivity contribution in [3.8, 4) is 18.2 Å². The molecular weight excluding hydrogens is 192 g/mol. The number of nitrogens with one attached hydrogen (secondary N) is 1. The first-order chi connectivity index (χ1) is 7.13. The third kappa shape index (κ3) is 1.95. The second kappa shape index (κ2) is 4.26. The molecule has 1 rings (SSSR count). The minimum absolute atomic E-state index is 0.145. The SMILES string of the molecule is CC1CC(=O)NC(=C(C#N)C#N)C1C#N. The van der Waals surface area contributed by atoms with Crippen LogP contribution in [0, 0.1) is 45.8 Å². The first-order valence-corrected chi connectivity index (χ1v) is 4.37. The summed E-state index contributed by atoms with van der Waals surface area (Å²) in [4.78, 5) is 11.2. The first-order valence-electron chi connectivity index (χ1n) is 4.37. The number of hydrogen-bond acceptors (Lipinski definition) is 4. The minimum atomic E-state index is -0.586. The lowest BCUT2D eigenvalue weighted by atomic mass is 9.84. The fourth-order valence-corrected chi connectivity index (χ4v) is 1.53. The molecule has 5 heteroatoms. The van der Waals surface area contributed by atoms with Gasteiger partial charge in [0.05, 0.1) is 17.7 Å². The smallest absolute Gasteiger partial charge is 0.224 e. The van der Waals surface area contributed by atoms with E-state index in [0.717, 1.165) is 0 Å². The van der Waals surface area contributed by atoms with E-state index in [1.165, 1.54) is 0 Å². The van der Waals surface area contributed by atoms with Crippen LogP contribution < -0.4 is 5.32 Å². The highest BCUT2D eigenvalue weighted by molar-refractivity contribution is 5.80. The Hall–Kier alpha value is -2.32. The summed E-state index contributed by atoms with van der Waals surface area (Å²) in [5, 5.41) is 28.7. The van der Waals surface area contributed by atoms with E-state index in [2.05, 4.69) is 5.32 Å². The summed E-state index contributed by atoms with van der Waals surface area (Å²) in [7, 11) is 0. The van der Waals surface area contributed by atoms with Gasteiger partial charge in [-0.15, -0.1) is 0 Å². The number of nitrogens with zero attached hydrogens (tertiary/aromatic N) is 3. The van der Waals surface area contributed by atoms with Crippen molar-refractivity contribution in [3.63, 3.8) is 0 Å². The zero-order chi connectivity index (χ0) is 11.4. The van der Waals surface area contributed by atoms with Gasteiger partial charge in [0.25, 0.3) is 0 Å². The van der Waals surface area contributed by atoms with Gasteiger partial charge < -0.3 is 5.32 Å². The van der Waals surface area contributed by atoms with Gasteiger partial charge in [0.15, 0.2) is 0 Å². The number of hydrogen-bond donors (Lipinski definition) is 1. The average Bonchev–Trinajstić information content (AvgIpc) is 2.19. The van der Waals surface area contributed by atoms with Crippen LogP contribution in [0.1, 0.15) is 13.3 Å². The highest BCUT2D eigenvalue weighted by Crippen LogP contribution is 2.27. The fourth-order valence-electron chi connectivity index (χ4n) is 1.53. The van der Waals surface area contributed by atoms with Gasteiger partial charge in [-0.2, -0.15) is 15.8 Å². The molecular formula is C10H8N4O. The summed E-state index contributed by atoms with van der Waals surface area (Å²) in [5.41, 5.74) is -0.0484. The van der Waals surface area contributed by atoms with E-state index in [1.54, 1.807) is 19.1 Å². The average molecular weight is 200 g/mol. The highest BCUT2D eigenvalue weighted by atomic mass is 16.1. The molecule has 1 fully saturated rings. The Kier molecular flexibility index (Phi) is 3.06. The molecule has 1 saturated heterocycles. The van der Waals surface area contributed by atoms with E-state index in [0.29, 0.717) is 0 Å². The second-order valence-electron chi connectivity index (χ2n) is 3.35. The molecule has 0 aromatic carbocycles. The molecule has 1 aliphatic rings. The summed E-state index contributed by atoms with van der Waals surface area (Å²) in [5.74, 6) is -1.01. The van der Waals surface area contributed by atoms with E-state index < -0.39 is 5.92 Å². The third-order valence-corrected chi connectivity index (χ3v) is 2.29. The van der Waals surface area contributed by atoms with Crippen molar-refractivity contribution >= 4 is 5.91 Å². The van der Waals surface area contributed by atoms with Crippen molar-refractivity contribution in [3.05, 3.63) is 11.3 Å². The maximum Gasteiger partial charge on any atom is 0.224 e. The maximum absolute atomic E-state index is 11.2. The number of carbonyl (C=O) groups is 1. The number of carbonyl (C=O) groups excluding carboxylic acids is 1. The van der Waals surface area contributed by atoms with E-state index in [1.807, 2.05) is 6.07 Å². The van der Waals surface area contributed by atoms with Crippen molar-refractivity contribution in [1.82, 2.24) is 5.32 Å². The molecule has 1 heterocycles. The maximum atomic E-state index is 11.2. The zero-order valence-electron chi connectivity index (χ0n) is 8.11. The van der Waals surface area contributed by atoms with Crippen LogP contribution in [-0.4, -0.2) is 5.91 Å². The summed E-state index contributed by atoms with van der Waals surface area (Å²) in [6.07, 6.45) is 0.242. The van der Waals surface area contributed by atoms with Crippen molar-refractivity contribution in [1.29, 1.82) is 15.8 Å². The van der Waals surface area contributed by atoms with Gasteiger partial charge in [-0.1, -0.05) is 6.92 Å². The summed E-state index contributed by atoms with van der Waals surface area (Å²) in [6.45, 7) is 1.75. The Balaban J connectivity index is 3.22. The molecule has 0 saturated carbocycles. The Morgan fingerprint density at radius 2 is 2.00 bits per heavy atom. The summed E-state index contributed by atoms with van der Waals surface area (Å²) >= 11 is 0. The number of allylic oxidation sites excluding steroid dienone is 2. The molecule has 0 bridgehead atoms. The van der Waals surface area contributed by atoms with Gasteiger partial charge in [0.1, 0.15) is 17.7 Å². The van der Waals surface area contributed by atoms with Crippen LogP contribution in [0.15, 0.2) is 11.3 Å². The molecule has 0 aromatic rings. The second-order valence-corrected chi connectivity index (χ2v) is 3.35. The van der Waals surface area contributed by atoms with E-state index >= 15 is 0 Å². The van der Waals surface area contributed by atoms with Crippen LogP contribution in [-0.2, 0) is 4.79 Å². The Morgan fingerprint density at radius 3 is 2.47 bits per heavy atom. The predicted molar refractivity (Wildman–Crippen MR) is 49.3 cm³/mol. The largest absolute Gasteiger partial charge is 0.327 e. The topological polar surface area (TPSA) is 100 Å². The van der Waals surface area contributed by atoms with Crippen molar-refractivity contribution in [2.45, 2.75) is 13.3 Å². The predicted octanol–water partition coefficient (Wildman–Crippen LogP) is 0.583. The Labute approximate surface area is 87.2 Å². The molecule has 0 spiro atoms. The van der Waals surface area contributed by atoms with Crippen LogP contribution >= 0.6 is 0 Å². The lowest BCUT2D eigenvalue weighted by Crippen LogP contribution is -2.38. The summed E-state index contributed by atoms with van der Waals surface area (Å²) in [6, 6.07) is 5.36. The minimum Gasteiger partial charge on any atom is -0.327 e. The van der Waals surface area contributed by atoms with Crippen LogP contribution in [0.5, 0.6) is 0 Å². The van der Waals surface area contributed by atoms with E-state index in [9.17, 15) is 4.79 Å². The molecule has 1 amide bonds. The molecule has 74 valence electrons. The van der Waals surface area contributed by atoms with Gasteiger partial charge in [-0.3, -0.25) is 4.79 Å². The normalized spacial score (nSPS) is 24.4. The first kappa shape index (κ1) is 10.8.